The molecule has 2 N–H and O–H groups in total. The van der Waals surface area contributed by atoms with Gasteiger partial charge in [0, 0.05) is 24.4 Å². The molecule has 3 nitrogen and oxygen atoms in total. The Morgan fingerprint density at radius 1 is 1.14 bits per heavy atom. The van der Waals surface area contributed by atoms with Gasteiger partial charge < -0.3 is 10.3 Å². The van der Waals surface area contributed by atoms with E-state index in [4.69, 9.17) is 5.73 Å². The summed E-state index contributed by atoms with van der Waals surface area (Å²) in [7, 11) is 0. The molecule has 0 saturated heterocycles. The highest BCUT2D eigenvalue weighted by molar-refractivity contribution is 5.29. The topological polar surface area (TPSA) is 43.8 Å². The molecular weight excluding hydrogens is 258 g/mol. The lowest BCUT2D eigenvalue weighted by Gasteiger charge is -2.38. The lowest BCUT2D eigenvalue weighted by molar-refractivity contribution is 0.305. The van der Waals surface area contributed by atoms with Crippen molar-refractivity contribution in [2.24, 2.45) is 5.73 Å². The Labute approximate surface area is 128 Å². The fourth-order valence-electron chi connectivity index (χ4n) is 3.32. The summed E-state index contributed by atoms with van der Waals surface area (Å²) >= 11 is 0. The second-order valence-electron chi connectivity index (χ2n) is 5.69. The molecular formula is C18H27N3. The number of nitrogens with zero attached hydrogens (tertiary/aromatic N) is 2. The lowest BCUT2D eigenvalue weighted by Crippen LogP contribution is -2.39. The average molecular weight is 285 g/mol. The predicted molar refractivity (Wildman–Crippen MR) is 88.1 cm³/mol. The highest BCUT2D eigenvalue weighted by Crippen LogP contribution is 2.41. The molecule has 0 bridgehead atoms. The average Bonchev–Trinajstić information content (AvgIpc) is 2.98. The Kier molecular flexibility index (Phi) is 5.18. The Morgan fingerprint density at radius 2 is 1.81 bits per heavy atom. The third-order valence-corrected chi connectivity index (χ3v) is 4.70. The highest BCUT2D eigenvalue weighted by Gasteiger charge is 2.38. The standard InChI is InChI=1S/C18H27N3/c1-4-13-21-14-12-20-17(21)16(19)18(5-2,6-3)15-10-8-7-9-11-15/h7-12,14,16H,4-6,13,19H2,1-3H3. The van der Waals surface area contributed by atoms with Crippen molar-refractivity contribution in [1.82, 2.24) is 9.55 Å². The molecule has 1 atom stereocenters. The Morgan fingerprint density at radius 3 is 2.38 bits per heavy atom. The Bertz CT molecular complexity index is 541. The van der Waals surface area contributed by atoms with E-state index >= 15 is 0 Å². The number of hydrogen-bond donors (Lipinski definition) is 1. The van der Waals surface area contributed by atoms with Gasteiger partial charge in [0.05, 0.1) is 6.04 Å². The first-order chi connectivity index (χ1) is 10.2. The number of hydrogen-bond acceptors (Lipinski definition) is 2. The summed E-state index contributed by atoms with van der Waals surface area (Å²) < 4.78 is 2.20. The first-order valence-corrected chi connectivity index (χ1v) is 8.01. The first kappa shape index (κ1) is 15.8. The van der Waals surface area contributed by atoms with Gasteiger partial charge in [0.1, 0.15) is 5.82 Å². The maximum absolute atomic E-state index is 6.72. The summed E-state index contributed by atoms with van der Waals surface area (Å²) in [6.07, 6.45) is 7.01. The molecule has 0 aliphatic carbocycles. The van der Waals surface area contributed by atoms with Gasteiger partial charge in [-0.3, -0.25) is 0 Å². The fourth-order valence-corrected chi connectivity index (χ4v) is 3.32. The van der Waals surface area contributed by atoms with Crippen molar-refractivity contribution in [3.8, 4) is 0 Å². The Hall–Kier alpha value is -1.61. The van der Waals surface area contributed by atoms with E-state index in [1.54, 1.807) is 0 Å². The van der Waals surface area contributed by atoms with Crippen LogP contribution in [0.5, 0.6) is 0 Å². The van der Waals surface area contributed by atoms with Gasteiger partial charge >= 0.3 is 0 Å². The van der Waals surface area contributed by atoms with Crippen LogP contribution in [0.4, 0.5) is 0 Å². The second kappa shape index (κ2) is 6.90. The molecule has 0 saturated carbocycles. The molecule has 114 valence electrons. The summed E-state index contributed by atoms with van der Waals surface area (Å²) in [5.41, 5.74) is 7.98. The minimum absolute atomic E-state index is 0.0574. The van der Waals surface area contributed by atoms with E-state index in [9.17, 15) is 0 Å². The van der Waals surface area contributed by atoms with Gasteiger partial charge in [0.25, 0.3) is 0 Å². The van der Waals surface area contributed by atoms with Crippen molar-refractivity contribution in [3.63, 3.8) is 0 Å². The monoisotopic (exact) mass is 285 g/mol. The van der Waals surface area contributed by atoms with Gasteiger partial charge in [-0.1, -0.05) is 51.1 Å². The van der Waals surface area contributed by atoms with E-state index in [1.165, 1.54) is 5.56 Å². The number of imidazole rings is 1. The number of rotatable bonds is 7. The van der Waals surface area contributed by atoms with Crippen molar-refractivity contribution in [3.05, 3.63) is 54.1 Å². The summed E-state index contributed by atoms with van der Waals surface area (Å²) in [5, 5.41) is 0. The third-order valence-electron chi connectivity index (χ3n) is 4.70. The molecule has 0 fully saturated rings. The van der Waals surface area contributed by atoms with E-state index in [2.05, 4.69) is 60.7 Å². The van der Waals surface area contributed by atoms with Crippen molar-refractivity contribution < 1.29 is 0 Å². The van der Waals surface area contributed by atoms with Crippen LogP contribution >= 0.6 is 0 Å². The van der Waals surface area contributed by atoms with E-state index in [-0.39, 0.29) is 11.5 Å². The maximum atomic E-state index is 6.72. The van der Waals surface area contributed by atoms with Crippen LogP contribution < -0.4 is 5.73 Å². The molecule has 0 aliphatic rings. The van der Waals surface area contributed by atoms with Gasteiger partial charge in [-0.2, -0.15) is 0 Å². The van der Waals surface area contributed by atoms with Gasteiger partial charge in [-0.25, -0.2) is 4.98 Å². The largest absolute Gasteiger partial charge is 0.334 e. The second-order valence-corrected chi connectivity index (χ2v) is 5.69. The number of aryl methyl sites for hydroxylation is 1. The van der Waals surface area contributed by atoms with Crippen molar-refractivity contribution in [1.29, 1.82) is 0 Å². The van der Waals surface area contributed by atoms with E-state index in [1.807, 2.05) is 12.4 Å². The summed E-state index contributed by atoms with van der Waals surface area (Å²) in [6.45, 7) is 7.60. The summed E-state index contributed by atoms with van der Waals surface area (Å²) in [6, 6.07) is 10.6. The number of benzene rings is 1. The van der Waals surface area contributed by atoms with Crippen LogP contribution in [0.25, 0.3) is 0 Å². The lowest BCUT2D eigenvalue weighted by atomic mass is 9.70. The van der Waals surface area contributed by atoms with Crippen LogP contribution in [-0.4, -0.2) is 9.55 Å². The molecule has 1 aromatic heterocycles. The molecule has 0 spiro atoms. The minimum Gasteiger partial charge on any atom is -0.334 e. The van der Waals surface area contributed by atoms with Crippen LogP contribution in [0.3, 0.4) is 0 Å². The van der Waals surface area contributed by atoms with Gasteiger partial charge in [0.2, 0.25) is 0 Å². The molecule has 2 rings (SSSR count). The molecule has 2 aromatic rings. The molecule has 1 unspecified atom stereocenters. The quantitative estimate of drug-likeness (QED) is 0.834. The maximum Gasteiger partial charge on any atom is 0.126 e. The van der Waals surface area contributed by atoms with Gasteiger partial charge in [-0.15, -0.1) is 0 Å². The van der Waals surface area contributed by atoms with Gasteiger partial charge in [-0.05, 0) is 24.8 Å². The predicted octanol–water partition coefficient (Wildman–Crippen LogP) is 4.05. The Balaban J connectivity index is 2.44. The summed E-state index contributed by atoms with van der Waals surface area (Å²) in [4.78, 5) is 4.56. The van der Waals surface area contributed by atoms with Crippen molar-refractivity contribution in [2.45, 2.75) is 58.0 Å². The highest BCUT2D eigenvalue weighted by atomic mass is 15.1. The van der Waals surface area contributed by atoms with E-state index in [0.717, 1.165) is 31.6 Å². The zero-order valence-electron chi connectivity index (χ0n) is 13.4. The van der Waals surface area contributed by atoms with E-state index < -0.39 is 0 Å². The summed E-state index contributed by atoms with van der Waals surface area (Å²) in [5.74, 6) is 1.00. The normalized spacial score (nSPS) is 13.3. The molecule has 21 heavy (non-hydrogen) atoms. The first-order valence-electron chi connectivity index (χ1n) is 8.01. The fraction of sp³-hybridized carbons (Fsp3) is 0.500. The number of nitrogens with two attached hydrogens (primary N) is 1. The van der Waals surface area contributed by atoms with Crippen molar-refractivity contribution >= 4 is 0 Å². The smallest absolute Gasteiger partial charge is 0.126 e. The molecule has 0 amide bonds. The SMILES string of the molecule is CCCn1ccnc1C(N)C(CC)(CC)c1ccccc1. The van der Waals surface area contributed by atoms with E-state index in [0.29, 0.717) is 0 Å². The van der Waals surface area contributed by atoms with Crippen molar-refractivity contribution in [2.75, 3.05) is 0 Å². The van der Waals surface area contributed by atoms with Crippen LogP contribution in [0, 0.1) is 0 Å². The third kappa shape index (κ3) is 2.88. The minimum atomic E-state index is -0.0866. The van der Waals surface area contributed by atoms with Crippen LogP contribution in [0.2, 0.25) is 0 Å². The zero-order valence-corrected chi connectivity index (χ0v) is 13.4. The van der Waals surface area contributed by atoms with Crippen LogP contribution in [0.15, 0.2) is 42.7 Å². The molecule has 1 aromatic carbocycles. The zero-order chi connectivity index (χ0) is 15.3. The number of aromatic nitrogens is 2. The van der Waals surface area contributed by atoms with Crippen LogP contribution in [-0.2, 0) is 12.0 Å². The molecule has 1 heterocycles. The molecule has 0 radical (unpaired) electrons. The molecule has 0 aliphatic heterocycles. The molecule has 3 heteroatoms. The van der Waals surface area contributed by atoms with Crippen LogP contribution in [0.1, 0.15) is 57.5 Å². The van der Waals surface area contributed by atoms with Gasteiger partial charge in [0.15, 0.2) is 0 Å².